The Bertz CT molecular complexity index is 1520. The highest BCUT2D eigenvalue weighted by atomic mass is 32.2. The average molecular weight is 662 g/mol. The van der Waals surface area contributed by atoms with Gasteiger partial charge in [-0.2, -0.15) is 0 Å². The molecule has 0 bridgehead atoms. The molecule has 1 amide bonds. The summed E-state index contributed by atoms with van der Waals surface area (Å²) in [5.41, 5.74) is 2.19. The zero-order chi connectivity index (χ0) is 31.9. The number of carbonyl (C=O) groups is 2. The van der Waals surface area contributed by atoms with Crippen molar-refractivity contribution < 1.29 is 43.1 Å². The van der Waals surface area contributed by atoms with Crippen LogP contribution in [0.1, 0.15) is 11.3 Å². The Labute approximate surface area is 268 Å². The van der Waals surface area contributed by atoms with Crippen LogP contribution in [-0.2, 0) is 48.3 Å². The number of fused-ring (bicyclic) bond motifs is 1. The van der Waals surface area contributed by atoms with Crippen LogP contribution in [0.15, 0.2) is 53.0 Å². The fourth-order valence-corrected chi connectivity index (χ4v) is 5.08. The summed E-state index contributed by atoms with van der Waals surface area (Å²) in [4.78, 5) is 29.3. The number of thiol groups is 1. The molecule has 0 spiro atoms. The van der Waals surface area contributed by atoms with Crippen LogP contribution in [-0.4, -0.2) is 96.4 Å². The summed E-state index contributed by atoms with van der Waals surface area (Å²) in [6, 6.07) is 11.8. The molecule has 16 heteroatoms. The number of amides is 1. The lowest BCUT2D eigenvalue weighted by molar-refractivity contribution is -0.147. The number of nitrogens with one attached hydrogen (secondary N) is 1. The largest absolute Gasteiger partial charge is 0.491 e. The van der Waals surface area contributed by atoms with E-state index in [1.165, 1.54) is 23.1 Å². The molecule has 0 unspecified atom stereocenters. The molecular weight excluding hydrogens is 626 g/mol. The third-order valence-electron chi connectivity index (χ3n) is 6.00. The maximum Gasteiger partial charge on any atom is 0.330 e. The number of aliphatic hydroxyl groups excluding tert-OH is 1. The topological polar surface area (TPSA) is 165 Å². The Hall–Kier alpha value is -3.80. The quantitative estimate of drug-likeness (QED) is 0.0718. The molecular formula is C29H35N5O9S2. The maximum atomic E-state index is 12.7. The predicted octanol–water partition coefficient (Wildman–Crippen LogP) is 2.03. The van der Waals surface area contributed by atoms with Crippen LogP contribution in [0.25, 0.3) is 10.2 Å². The van der Waals surface area contributed by atoms with E-state index >= 15 is 0 Å². The number of carbonyl (C=O) groups excluding carboxylic acids is 2. The van der Waals surface area contributed by atoms with E-state index in [9.17, 15) is 9.59 Å². The van der Waals surface area contributed by atoms with Gasteiger partial charge in [0.15, 0.2) is 6.04 Å². The van der Waals surface area contributed by atoms with E-state index < -0.39 is 17.9 Å². The van der Waals surface area contributed by atoms with Gasteiger partial charge in [-0.05, 0) is 35.9 Å². The van der Waals surface area contributed by atoms with E-state index in [4.69, 9.17) is 33.5 Å². The zero-order valence-corrected chi connectivity index (χ0v) is 26.3. The molecule has 242 valence electrons. The lowest BCUT2D eigenvalue weighted by Crippen LogP contribution is -2.45. The molecule has 0 aliphatic rings. The van der Waals surface area contributed by atoms with Crippen LogP contribution in [0.4, 0.5) is 0 Å². The van der Waals surface area contributed by atoms with Gasteiger partial charge in [-0.15, -0.1) is 29.1 Å². The number of esters is 1. The van der Waals surface area contributed by atoms with Gasteiger partial charge in [0.05, 0.1) is 69.8 Å². The lowest BCUT2D eigenvalue weighted by atomic mass is 10.2. The minimum Gasteiger partial charge on any atom is -0.491 e. The maximum absolute atomic E-state index is 12.7. The summed E-state index contributed by atoms with van der Waals surface area (Å²) < 4.78 is 35.6. The van der Waals surface area contributed by atoms with Crippen LogP contribution < -0.4 is 14.8 Å². The molecule has 2 aromatic heterocycles. The van der Waals surface area contributed by atoms with Crippen LogP contribution in [0.3, 0.4) is 0 Å². The molecule has 0 aliphatic carbocycles. The first-order valence-corrected chi connectivity index (χ1v) is 15.2. The van der Waals surface area contributed by atoms with E-state index in [0.29, 0.717) is 48.0 Å². The molecule has 2 heterocycles. The molecule has 45 heavy (non-hydrogen) atoms. The van der Waals surface area contributed by atoms with E-state index in [0.717, 1.165) is 15.8 Å². The Morgan fingerprint density at radius 3 is 2.62 bits per heavy atom. The summed E-state index contributed by atoms with van der Waals surface area (Å²) in [7, 11) is 1.24. The van der Waals surface area contributed by atoms with Crippen molar-refractivity contribution >= 4 is 46.1 Å². The van der Waals surface area contributed by atoms with Crippen molar-refractivity contribution in [1.82, 2.24) is 25.3 Å². The number of aromatic nitrogens is 4. The van der Waals surface area contributed by atoms with Crippen molar-refractivity contribution in [3.8, 4) is 11.5 Å². The van der Waals surface area contributed by atoms with Crippen molar-refractivity contribution in [3.63, 3.8) is 0 Å². The number of ether oxygens (including phenoxy) is 6. The summed E-state index contributed by atoms with van der Waals surface area (Å²) >= 11 is 5.73. The van der Waals surface area contributed by atoms with Gasteiger partial charge in [-0.1, -0.05) is 17.3 Å². The normalized spacial score (nSPS) is 11.8. The SMILES string of the molecule is COC(=O)[C@H](COCc1cccc(OCCOCCOCCO)c1)NC(=O)Cn1cc(COc2ccc3nc(S)sc3c2)nn1. The highest BCUT2D eigenvalue weighted by Crippen LogP contribution is 2.28. The molecule has 4 rings (SSSR count). The number of nitrogens with zero attached hydrogens (tertiary/aromatic N) is 4. The van der Waals surface area contributed by atoms with E-state index in [-0.39, 0.29) is 39.6 Å². The van der Waals surface area contributed by atoms with Crippen LogP contribution in [0.5, 0.6) is 11.5 Å². The first-order chi connectivity index (χ1) is 21.9. The van der Waals surface area contributed by atoms with Gasteiger partial charge in [0, 0.05) is 0 Å². The third-order valence-corrected chi connectivity index (χ3v) is 7.20. The molecule has 0 radical (unpaired) electrons. The Morgan fingerprint density at radius 2 is 1.80 bits per heavy atom. The van der Waals surface area contributed by atoms with Gasteiger partial charge in [0.25, 0.3) is 0 Å². The number of methoxy groups -OCH3 is 1. The molecule has 0 saturated carbocycles. The Balaban J connectivity index is 1.18. The van der Waals surface area contributed by atoms with Crippen LogP contribution in [0, 0.1) is 0 Å². The van der Waals surface area contributed by atoms with Crippen molar-refractivity contribution in [3.05, 3.63) is 59.9 Å². The minimum atomic E-state index is -1.02. The number of rotatable bonds is 20. The Kier molecular flexibility index (Phi) is 13.8. The summed E-state index contributed by atoms with van der Waals surface area (Å²) in [5, 5.41) is 19.3. The monoisotopic (exact) mass is 661 g/mol. The number of aliphatic hydroxyl groups is 1. The lowest BCUT2D eigenvalue weighted by Gasteiger charge is -2.17. The van der Waals surface area contributed by atoms with Crippen molar-refractivity contribution in [2.75, 3.05) is 53.4 Å². The standard InChI is InChI=1S/C29H35N5O9S2/c1-38-28(37)25(19-41-17-20-3-2-4-22(13-20)42-12-11-40-10-9-39-8-7-35)30-27(36)16-34-15-21(32-33-34)18-43-23-5-6-24-26(14-23)45-29(44)31-24/h2-6,13-15,25,35H,7-12,16-19H2,1H3,(H,30,36)(H,31,44)/t25-/m0/s1. The van der Waals surface area contributed by atoms with Crippen molar-refractivity contribution in [2.24, 2.45) is 0 Å². The highest BCUT2D eigenvalue weighted by Gasteiger charge is 2.22. The molecule has 2 aromatic carbocycles. The Morgan fingerprint density at radius 1 is 1.00 bits per heavy atom. The molecule has 0 saturated heterocycles. The van der Waals surface area contributed by atoms with Gasteiger partial charge in [0.1, 0.15) is 41.3 Å². The van der Waals surface area contributed by atoms with Crippen molar-refractivity contribution in [2.45, 2.75) is 30.1 Å². The van der Waals surface area contributed by atoms with Crippen LogP contribution in [0.2, 0.25) is 0 Å². The van der Waals surface area contributed by atoms with E-state index in [2.05, 4.69) is 33.2 Å². The zero-order valence-electron chi connectivity index (χ0n) is 24.6. The summed E-state index contributed by atoms with van der Waals surface area (Å²) in [5.74, 6) is 0.175. The molecule has 1 atom stereocenters. The van der Waals surface area contributed by atoms with Crippen LogP contribution >= 0.6 is 24.0 Å². The minimum absolute atomic E-state index is 0.0188. The van der Waals surface area contributed by atoms with E-state index in [1.807, 2.05) is 42.5 Å². The molecule has 0 aliphatic heterocycles. The van der Waals surface area contributed by atoms with Gasteiger partial charge in [-0.3, -0.25) is 4.79 Å². The summed E-state index contributed by atoms with van der Waals surface area (Å²) in [6.45, 7) is 1.87. The van der Waals surface area contributed by atoms with Gasteiger partial charge < -0.3 is 38.8 Å². The average Bonchev–Trinajstić information content (AvgIpc) is 3.65. The second-order valence-electron chi connectivity index (χ2n) is 9.42. The smallest absolute Gasteiger partial charge is 0.330 e. The number of hydrogen-bond donors (Lipinski definition) is 3. The van der Waals surface area contributed by atoms with Gasteiger partial charge in [-0.25, -0.2) is 14.5 Å². The molecule has 2 N–H and O–H groups in total. The molecule has 14 nitrogen and oxygen atoms in total. The summed E-state index contributed by atoms with van der Waals surface area (Å²) in [6.07, 6.45) is 1.59. The predicted molar refractivity (Wildman–Crippen MR) is 165 cm³/mol. The number of benzene rings is 2. The first kappa shape index (κ1) is 34.1. The highest BCUT2D eigenvalue weighted by molar-refractivity contribution is 7.82. The number of thiazole rings is 1. The van der Waals surface area contributed by atoms with E-state index in [1.54, 1.807) is 6.20 Å². The molecule has 4 aromatic rings. The molecule has 0 fully saturated rings. The van der Waals surface area contributed by atoms with Gasteiger partial charge in [0.2, 0.25) is 5.91 Å². The third kappa shape index (κ3) is 11.6. The fourth-order valence-electron chi connectivity index (χ4n) is 3.94. The van der Waals surface area contributed by atoms with Gasteiger partial charge >= 0.3 is 5.97 Å². The second-order valence-corrected chi connectivity index (χ2v) is 11.2. The van der Waals surface area contributed by atoms with Crippen molar-refractivity contribution in [1.29, 1.82) is 0 Å². The second kappa shape index (κ2) is 18.2. The fraction of sp³-hybridized carbons (Fsp3) is 0.414. The number of hydrogen-bond acceptors (Lipinski definition) is 14. The first-order valence-electron chi connectivity index (χ1n) is 14.0.